The number of aryl methyl sites for hydroxylation is 1. The van der Waals surface area contributed by atoms with Crippen LogP contribution < -0.4 is 10.2 Å². The number of aromatic nitrogens is 3. The normalized spacial score (nSPS) is 15.6. The highest BCUT2D eigenvalue weighted by atomic mass is 19.1. The first-order chi connectivity index (χ1) is 19.0. The Bertz CT molecular complexity index is 1460. The van der Waals surface area contributed by atoms with E-state index in [2.05, 4.69) is 30.5 Å². The Kier molecular flexibility index (Phi) is 8.02. The van der Waals surface area contributed by atoms with Gasteiger partial charge in [-0.3, -0.25) is 4.98 Å². The van der Waals surface area contributed by atoms with E-state index in [1.807, 2.05) is 67.3 Å². The highest BCUT2D eigenvalue weighted by Crippen LogP contribution is 2.27. The third kappa shape index (κ3) is 6.53. The number of azo groups is 1. The zero-order chi connectivity index (χ0) is 27.2. The minimum absolute atomic E-state index is 0.0500. The summed E-state index contributed by atoms with van der Waals surface area (Å²) < 4.78 is 20.1. The molecule has 3 heterocycles. The number of hydrogen-bond acceptors (Lipinski definition) is 9. The lowest BCUT2D eigenvalue weighted by molar-refractivity contribution is 0.0379. The van der Waals surface area contributed by atoms with Gasteiger partial charge < -0.3 is 20.1 Å². The summed E-state index contributed by atoms with van der Waals surface area (Å²) in [6, 6.07) is 19.0. The molecule has 1 atom stereocenters. The van der Waals surface area contributed by atoms with E-state index in [1.54, 1.807) is 12.1 Å². The first kappa shape index (κ1) is 26.2. The number of nitrogens with one attached hydrogen (secondary N) is 1. The van der Waals surface area contributed by atoms with Crippen molar-refractivity contribution in [3.05, 3.63) is 84.1 Å². The van der Waals surface area contributed by atoms with Gasteiger partial charge in [-0.05, 0) is 60.9 Å². The Hall–Kier alpha value is -4.44. The molecule has 200 valence electrons. The standard InChI is InChI=1S/C29H30FN7O2/c1-3-25-18-37(13-14-39-25)28-26(30)17-31-29(35-28)36-32-16-23-11-12-27(19(2)33-23)34-22-9-7-20(8-10-22)21-5-4-6-24(38)15-21/h4-12,15,17,25,34,38H,3,13-14,16,18H2,1-2H3. The average molecular weight is 528 g/mol. The van der Waals surface area contributed by atoms with Gasteiger partial charge in [-0.1, -0.05) is 31.2 Å². The van der Waals surface area contributed by atoms with Gasteiger partial charge in [0, 0.05) is 18.8 Å². The van der Waals surface area contributed by atoms with Crippen LogP contribution in [0.3, 0.4) is 0 Å². The number of nitrogens with zero attached hydrogens (tertiary/aromatic N) is 6. The number of hydrogen-bond donors (Lipinski definition) is 2. The smallest absolute Gasteiger partial charge is 0.270 e. The number of pyridine rings is 1. The molecule has 2 aromatic carbocycles. The topological polar surface area (TPSA) is 108 Å². The van der Waals surface area contributed by atoms with Crippen molar-refractivity contribution in [2.24, 2.45) is 10.2 Å². The number of aromatic hydroxyl groups is 1. The molecule has 0 bridgehead atoms. The van der Waals surface area contributed by atoms with Gasteiger partial charge in [-0.25, -0.2) is 9.37 Å². The zero-order valence-electron chi connectivity index (χ0n) is 21.9. The van der Waals surface area contributed by atoms with Crippen molar-refractivity contribution in [2.45, 2.75) is 32.9 Å². The molecule has 0 spiro atoms. The Morgan fingerprint density at radius 3 is 2.72 bits per heavy atom. The average Bonchev–Trinajstić information content (AvgIpc) is 2.96. The summed E-state index contributed by atoms with van der Waals surface area (Å²) in [6.07, 6.45) is 2.03. The van der Waals surface area contributed by atoms with E-state index in [0.717, 1.165) is 46.5 Å². The van der Waals surface area contributed by atoms with Crippen LogP contribution in [0.25, 0.3) is 11.1 Å². The number of morpholine rings is 1. The number of halogens is 1. The number of phenolic OH excluding ortho intramolecular Hbond substituents is 1. The minimum atomic E-state index is -0.486. The number of rotatable bonds is 8. The summed E-state index contributed by atoms with van der Waals surface area (Å²) >= 11 is 0. The van der Waals surface area contributed by atoms with Crippen LogP contribution >= 0.6 is 0 Å². The first-order valence-electron chi connectivity index (χ1n) is 12.9. The van der Waals surface area contributed by atoms with Crippen molar-refractivity contribution in [2.75, 3.05) is 29.9 Å². The molecule has 1 unspecified atom stereocenters. The maximum atomic E-state index is 14.4. The minimum Gasteiger partial charge on any atom is -0.508 e. The maximum absolute atomic E-state index is 14.4. The third-order valence-electron chi connectivity index (χ3n) is 6.49. The number of anilines is 3. The van der Waals surface area contributed by atoms with Gasteiger partial charge in [0.2, 0.25) is 0 Å². The van der Waals surface area contributed by atoms with Gasteiger partial charge >= 0.3 is 0 Å². The van der Waals surface area contributed by atoms with Crippen molar-refractivity contribution >= 4 is 23.1 Å². The van der Waals surface area contributed by atoms with Crippen LogP contribution in [0.5, 0.6) is 5.75 Å². The first-order valence-corrected chi connectivity index (χ1v) is 12.9. The highest BCUT2D eigenvalue weighted by Gasteiger charge is 2.23. The summed E-state index contributed by atoms with van der Waals surface area (Å²) in [5, 5.41) is 21.4. The van der Waals surface area contributed by atoms with E-state index in [1.165, 1.54) is 0 Å². The molecular weight excluding hydrogens is 497 g/mol. The van der Waals surface area contributed by atoms with E-state index in [-0.39, 0.29) is 30.2 Å². The lowest BCUT2D eigenvalue weighted by Gasteiger charge is -2.33. The van der Waals surface area contributed by atoms with Crippen LogP contribution in [-0.4, -0.2) is 45.9 Å². The summed E-state index contributed by atoms with van der Waals surface area (Å²) in [7, 11) is 0. The molecule has 2 aromatic heterocycles. The molecule has 5 rings (SSSR count). The van der Waals surface area contributed by atoms with Gasteiger partial charge in [0.05, 0.1) is 36.0 Å². The fourth-order valence-corrected chi connectivity index (χ4v) is 4.37. The summed E-state index contributed by atoms with van der Waals surface area (Å²) in [5.41, 5.74) is 5.32. The summed E-state index contributed by atoms with van der Waals surface area (Å²) in [4.78, 5) is 14.7. The van der Waals surface area contributed by atoms with Crippen molar-refractivity contribution in [3.63, 3.8) is 0 Å². The lowest BCUT2D eigenvalue weighted by Crippen LogP contribution is -2.43. The largest absolute Gasteiger partial charge is 0.508 e. The van der Waals surface area contributed by atoms with E-state index in [0.29, 0.717) is 19.7 Å². The van der Waals surface area contributed by atoms with Crippen molar-refractivity contribution in [1.29, 1.82) is 0 Å². The van der Waals surface area contributed by atoms with Gasteiger partial charge in [-0.2, -0.15) is 10.1 Å². The van der Waals surface area contributed by atoms with Gasteiger partial charge in [0.25, 0.3) is 5.95 Å². The number of benzene rings is 2. The van der Waals surface area contributed by atoms with E-state index in [9.17, 15) is 9.50 Å². The molecular formula is C29H30FN7O2. The predicted molar refractivity (Wildman–Crippen MR) is 148 cm³/mol. The van der Waals surface area contributed by atoms with Crippen LogP contribution in [0.1, 0.15) is 24.7 Å². The molecule has 9 nitrogen and oxygen atoms in total. The van der Waals surface area contributed by atoms with Crippen LogP contribution in [0, 0.1) is 12.7 Å². The Labute approximate surface area is 226 Å². The number of ether oxygens (including phenoxy) is 1. The second-order valence-electron chi connectivity index (χ2n) is 9.28. The molecule has 39 heavy (non-hydrogen) atoms. The molecule has 0 radical (unpaired) electrons. The SMILES string of the molecule is CCC1CN(c2nc(N=NCc3ccc(Nc4ccc(-c5cccc(O)c5)cc4)c(C)n3)ncc2F)CCO1. The maximum Gasteiger partial charge on any atom is 0.270 e. The second kappa shape index (κ2) is 12.0. The Morgan fingerprint density at radius 1 is 1.10 bits per heavy atom. The molecule has 10 heteroatoms. The van der Waals surface area contributed by atoms with E-state index < -0.39 is 5.82 Å². The molecule has 1 fully saturated rings. The molecule has 0 amide bonds. The molecule has 1 aliphatic heterocycles. The van der Waals surface area contributed by atoms with Gasteiger partial charge in [0.1, 0.15) is 12.3 Å². The monoisotopic (exact) mass is 527 g/mol. The fraction of sp³-hybridized carbons (Fsp3) is 0.276. The quantitative estimate of drug-likeness (QED) is 0.258. The summed E-state index contributed by atoms with van der Waals surface area (Å²) in [5.74, 6) is 0.0827. The number of phenols is 1. The lowest BCUT2D eigenvalue weighted by atomic mass is 10.1. The molecule has 2 N–H and O–H groups in total. The molecule has 0 aliphatic carbocycles. The van der Waals surface area contributed by atoms with E-state index >= 15 is 0 Å². The Morgan fingerprint density at radius 2 is 1.95 bits per heavy atom. The molecule has 0 saturated carbocycles. The van der Waals surface area contributed by atoms with Crippen molar-refractivity contribution < 1.29 is 14.2 Å². The third-order valence-corrected chi connectivity index (χ3v) is 6.49. The molecule has 1 aliphatic rings. The predicted octanol–water partition coefficient (Wildman–Crippen LogP) is 6.33. The van der Waals surface area contributed by atoms with E-state index in [4.69, 9.17) is 4.74 Å². The molecule has 1 saturated heterocycles. The molecule has 4 aromatic rings. The van der Waals surface area contributed by atoms with Crippen LogP contribution in [0.2, 0.25) is 0 Å². The van der Waals surface area contributed by atoms with Crippen LogP contribution in [0.4, 0.5) is 27.5 Å². The summed E-state index contributed by atoms with van der Waals surface area (Å²) in [6.45, 7) is 5.87. The van der Waals surface area contributed by atoms with Gasteiger partial charge in [-0.15, -0.1) is 5.11 Å². The highest BCUT2D eigenvalue weighted by molar-refractivity contribution is 5.69. The zero-order valence-corrected chi connectivity index (χ0v) is 21.9. The van der Waals surface area contributed by atoms with Gasteiger partial charge in [0.15, 0.2) is 11.6 Å². The van der Waals surface area contributed by atoms with Crippen molar-refractivity contribution in [3.8, 4) is 16.9 Å². The van der Waals surface area contributed by atoms with Crippen molar-refractivity contribution in [1.82, 2.24) is 15.0 Å². The second-order valence-corrected chi connectivity index (χ2v) is 9.28. The van der Waals surface area contributed by atoms with Crippen LogP contribution in [-0.2, 0) is 11.3 Å². The fourth-order valence-electron chi connectivity index (χ4n) is 4.37. The Balaban J connectivity index is 1.21. The van der Waals surface area contributed by atoms with Crippen LogP contribution in [0.15, 0.2) is 77.1 Å².